The van der Waals surface area contributed by atoms with Crippen LogP contribution in [0.3, 0.4) is 0 Å². The van der Waals surface area contributed by atoms with Crippen molar-refractivity contribution in [2.45, 2.75) is 33.2 Å². The summed E-state index contributed by atoms with van der Waals surface area (Å²) < 4.78 is 5.11. The third-order valence-electron chi connectivity index (χ3n) is 3.46. The maximum atomic E-state index is 12.0. The first-order valence-corrected chi connectivity index (χ1v) is 7.55. The number of carbonyl (C=O) groups excluding carboxylic acids is 1. The van der Waals surface area contributed by atoms with Gasteiger partial charge in [-0.05, 0) is 51.0 Å². The van der Waals surface area contributed by atoms with Gasteiger partial charge in [-0.3, -0.25) is 0 Å². The van der Waals surface area contributed by atoms with E-state index in [2.05, 4.69) is 42.6 Å². The third-order valence-corrected chi connectivity index (χ3v) is 3.46. The van der Waals surface area contributed by atoms with Gasteiger partial charge in [0.1, 0.15) is 5.54 Å². The van der Waals surface area contributed by atoms with E-state index >= 15 is 0 Å². The molecule has 0 saturated carbocycles. The second-order valence-electron chi connectivity index (χ2n) is 5.92. The number of benzene rings is 2. The van der Waals surface area contributed by atoms with Gasteiger partial charge in [0.25, 0.3) is 0 Å². The Hall–Kier alpha value is -2.29. The lowest BCUT2D eigenvalue weighted by atomic mass is 10.0. The molecule has 0 radical (unpaired) electrons. The molecule has 2 aromatic carbocycles. The monoisotopic (exact) mass is 297 g/mol. The van der Waals surface area contributed by atoms with Crippen LogP contribution in [0, 0.1) is 6.92 Å². The largest absolute Gasteiger partial charge is 0.464 e. The molecule has 0 amide bonds. The lowest BCUT2D eigenvalue weighted by Gasteiger charge is -2.25. The standard InChI is InChI=1S/C19H23NO2/c1-5-22-18(21)19(3,4)20-17-11-7-10-16(13-17)15-9-6-8-14(2)12-15/h6-13,20H,5H2,1-4H3. The number of esters is 1. The summed E-state index contributed by atoms with van der Waals surface area (Å²) in [6.45, 7) is 7.92. The van der Waals surface area contributed by atoms with Gasteiger partial charge in [0.2, 0.25) is 0 Å². The van der Waals surface area contributed by atoms with E-state index in [0.29, 0.717) is 6.61 Å². The van der Waals surface area contributed by atoms with E-state index in [1.54, 1.807) is 0 Å². The molecule has 0 aliphatic heterocycles. The first-order valence-electron chi connectivity index (χ1n) is 7.55. The van der Waals surface area contributed by atoms with Gasteiger partial charge in [-0.25, -0.2) is 4.79 Å². The van der Waals surface area contributed by atoms with Gasteiger partial charge in [0, 0.05) is 5.69 Å². The van der Waals surface area contributed by atoms with Crippen LogP contribution in [0.25, 0.3) is 11.1 Å². The summed E-state index contributed by atoms with van der Waals surface area (Å²) in [5.41, 5.74) is 3.65. The predicted molar refractivity (Wildman–Crippen MR) is 90.9 cm³/mol. The van der Waals surface area contributed by atoms with Crippen molar-refractivity contribution in [2.24, 2.45) is 0 Å². The molecule has 3 heteroatoms. The van der Waals surface area contributed by atoms with Crippen molar-refractivity contribution in [1.82, 2.24) is 0 Å². The van der Waals surface area contributed by atoms with Crippen LogP contribution in [-0.4, -0.2) is 18.1 Å². The zero-order valence-electron chi connectivity index (χ0n) is 13.6. The van der Waals surface area contributed by atoms with Crippen LogP contribution >= 0.6 is 0 Å². The van der Waals surface area contributed by atoms with Gasteiger partial charge in [0.05, 0.1) is 6.61 Å². The van der Waals surface area contributed by atoms with Gasteiger partial charge in [-0.15, -0.1) is 0 Å². The summed E-state index contributed by atoms with van der Waals surface area (Å²) in [6.07, 6.45) is 0. The van der Waals surface area contributed by atoms with E-state index in [-0.39, 0.29) is 5.97 Å². The fraction of sp³-hybridized carbons (Fsp3) is 0.316. The zero-order valence-corrected chi connectivity index (χ0v) is 13.6. The van der Waals surface area contributed by atoms with Crippen molar-refractivity contribution in [3.05, 3.63) is 54.1 Å². The maximum Gasteiger partial charge on any atom is 0.331 e. The van der Waals surface area contributed by atoms with Gasteiger partial charge < -0.3 is 10.1 Å². The van der Waals surface area contributed by atoms with Gasteiger partial charge >= 0.3 is 5.97 Å². The molecule has 0 aliphatic carbocycles. The van der Waals surface area contributed by atoms with Crippen LogP contribution in [0.4, 0.5) is 5.69 Å². The minimum atomic E-state index is -0.763. The van der Waals surface area contributed by atoms with E-state index < -0.39 is 5.54 Å². The zero-order chi connectivity index (χ0) is 16.2. The van der Waals surface area contributed by atoms with E-state index in [9.17, 15) is 4.79 Å². The number of nitrogens with one attached hydrogen (secondary N) is 1. The summed E-state index contributed by atoms with van der Waals surface area (Å²) in [6, 6.07) is 16.4. The lowest BCUT2D eigenvalue weighted by Crippen LogP contribution is -2.41. The molecule has 1 N–H and O–H groups in total. The normalized spacial score (nSPS) is 11.1. The molecule has 3 nitrogen and oxygen atoms in total. The smallest absolute Gasteiger partial charge is 0.331 e. The van der Waals surface area contributed by atoms with E-state index in [1.807, 2.05) is 39.0 Å². The number of hydrogen-bond acceptors (Lipinski definition) is 3. The average molecular weight is 297 g/mol. The Bertz CT molecular complexity index is 662. The highest BCUT2D eigenvalue weighted by Gasteiger charge is 2.28. The van der Waals surface area contributed by atoms with Gasteiger partial charge in [0.15, 0.2) is 0 Å². The molecule has 0 fully saturated rings. The van der Waals surface area contributed by atoms with E-state index in [4.69, 9.17) is 4.74 Å². The Morgan fingerprint density at radius 1 is 1.09 bits per heavy atom. The summed E-state index contributed by atoms with van der Waals surface area (Å²) in [7, 11) is 0. The molecule has 2 aromatic rings. The first kappa shape index (κ1) is 16.1. The molecule has 22 heavy (non-hydrogen) atoms. The van der Waals surface area contributed by atoms with Crippen LogP contribution in [0.5, 0.6) is 0 Å². The van der Waals surface area contributed by atoms with Crippen molar-refractivity contribution >= 4 is 11.7 Å². The summed E-state index contributed by atoms with van der Waals surface area (Å²) in [5, 5.41) is 3.25. The fourth-order valence-corrected chi connectivity index (χ4v) is 2.32. The number of carbonyl (C=O) groups is 1. The molecule has 0 spiro atoms. The Morgan fingerprint density at radius 3 is 2.36 bits per heavy atom. The van der Waals surface area contributed by atoms with Crippen LogP contribution in [-0.2, 0) is 9.53 Å². The molecular weight excluding hydrogens is 274 g/mol. The number of aryl methyl sites for hydroxylation is 1. The quantitative estimate of drug-likeness (QED) is 0.830. The van der Waals surface area contributed by atoms with Crippen LogP contribution in [0.2, 0.25) is 0 Å². The van der Waals surface area contributed by atoms with Crippen molar-refractivity contribution in [1.29, 1.82) is 0 Å². The summed E-state index contributed by atoms with van der Waals surface area (Å²) >= 11 is 0. The Morgan fingerprint density at radius 2 is 1.73 bits per heavy atom. The summed E-state index contributed by atoms with van der Waals surface area (Å²) in [5.74, 6) is -0.254. The van der Waals surface area contributed by atoms with Crippen molar-refractivity contribution < 1.29 is 9.53 Å². The highest BCUT2D eigenvalue weighted by Crippen LogP contribution is 2.25. The molecule has 116 valence electrons. The Labute approximate surface area is 132 Å². The molecule has 0 aromatic heterocycles. The summed E-state index contributed by atoms with van der Waals surface area (Å²) in [4.78, 5) is 12.0. The average Bonchev–Trinajstić information content (AvgIpc) is 2.47. The minimum absolute atomic E-state index is 0.254. The lowest BCUT2D eigenvalue weighted by molar-refractivity contribution is -0.147. The Kier molecular flexibility index (Phi) is 4.86. The van der Waals surface area contributed by atoms with Crippen LogP contribution < -0.4 is 5.32 Å². The highest BCUT2D eigenvalue weighted by molar-refractivity contribution is 5.84. The van der Waals surface area contributed by atoms with E-state index in [1.165, 1.54) is 5.56 Å². The van der Waals surface area contributed by atoms with Crippen molar-refractivity contribution in [3.63, 3.8) is 0 Å². The highest BCUT2D eigenvalue weighted by atomic mass is 16.5. The van der Waals surface area contributed by atoms with Crippen molar-refractivity contribution in [2.75, 3.05) is 11.9 Å². The van der Waals surface area contributed by atoms with Gasteiger partial charge in [-0.1, -0.05) is 42.0 Å². The Balaban J connectivity index is 2.24. The fourth-order valence-electron chi connectivity index (χ4n) is 2.32. The second kappa shape index (κ2) is 6.65. The topological polar surface area (TPSA) is 38.3 Å². The van der Waals surface area contributed by atoms with Crippen LogP contribution in [0.1, 0.15) is 26.3 Å². The third kappa shape index (κ3) is 3.88. The molecular formula is C19H23NO2. The second-order valence-corrected chi connectivity index (χ2v) is 5.92. The number of anilines is 1. The maximum absolute atomic E-state index is 12.0. The minimum Gasteiger partial charge on any atom is -0.464 e. The number of hydrogen-bond donors (Lipinski definition) is 1. The van der Waals surface area contributed by atoms with Gasteiger partial charge in [-0.2, -0.15) is 0 Å². The number of ether oxygens (including phenoxy) is 1. The molecule has 2 rings (SSSR count). The van der Waals surface area contributed by atoms with E-state index in [0.717, 1.165) is 16.8 Å². The molecule has 0 bridgehead atoms. The molecule has 0 heterocycles. The predicted octanol–water partition coefficient (Wildman–Crippen LogP) is 4.42. The molecule has 0 atom stereocenters. The molecule has 0 unspecified atom stereocenters. The SMILES string of the molecule is CCOC(=O)C(C)(C)Nc1cccc(-c2cccc(C)c2)c1. The number of rotatable bonds is 5. The van der Waals surface area contributed by atoms with Crippen molar-refractivity contribution in [3.8, 4) is 11.1 Å². The van der Waals surface area contributed by atoms with Crippen LogP contribution in [0.15, 0.2) is 48.5 Å². The first-order chi connectivity index (χ1) is 10.4. The molecule has 0 saturated heterocycles. The molecule has 0 aliphatic rings.